The molecule has 0 unspecified atom stereocenters. The lowest BCUT2D eigenvalue weighted by molar-refractivity contribution is -0.125. The molecule has 0 saturated heterocycles. The maximum absolute atomic E-state index is 12.8. The van der Waals surface area contributed by atoms with E-state index in [4.69, 9.17) is 9.26 Å². The summed E-state index contributed by atoms with van der Waals surface area (Å²) in [6, 6.07) is 8.49. The topological polar surface area (TPSA) is 97.6 Å². The molecule has 0 radical (unpaired) electrons. The average molecular weight is 392 g/mol. The van der Waals surface area contributed by atoms with Crippen LogP contribution in [0.5, 0.6) is 5.75 Å². The number of hydrogen-bond donors (Lipinski definition) is 1. The Labute approximate surface area is 167 Å². The molecular weight excluding hydrogens is 372 g/mol. The number of amides is 2. The maximum atomic E-state index is 12.8. The van der Waals surface area contributed by atoms with E-state index in [-0.39, 0.29) is 11.8 Å². The number of carbonyl (C=O) groups excluding carboxylic acids is 2. The zero-order valence-electron chi connectivity index (χ0n) is 16.3. The van der Waals surface area contributed by atoms with Gasteiger partial charge in [0, 0.05) is 29.2 Å². The molecule has 0 saturated carbocycles. The first-order valence-electron chi connectivity index (χ1n) is 9.19. The fourth-order valence-corrected chi connectivity index (χ4v) is 3.24. The molecule has 2 aromatic heterocycles. The van der Waals surface area contributed by atoms with Crippen molar-refractivity contribution in [3.63, 3.8) is 0 Å². The molecule has 148 valence electrons. The molecule has 8 nitrogen and oxygen atoms in total. The van der Waals surface area contributed by atoms with Gasteiger partial charge >= 0.3 is 0 Å². The third-order valence-corrected chi connectivity index (χ3v) is 4.87. The number of nitrogens with zero attached hydrogens (tertiary/aromatic N) is 3. The summed E-state index contributed by atoms with van der Waals surface area (Å²) in [5, 5.41) is 6.81. The first kappa shape index (κ1) is 18.7. The van der Waals surface area contributed by atoms with Crippen LogP contribution in [0.2, 0.25) is 0 Å². The van der Waals surface area contributed by atoms with Gasteiger partial charge in [-0.1, -0.05) is 5.16 Å². The fourth-order valence-electron chi connectivity index (χ4n) is 3.24. The summed E-state index contributed by atoms with van der Waals surface area (Å²) in [6.07, 6.45) is 2.50. The van der Waals surface area contributed by atoms with E-state index in [1.165, 1.54) is 0 Å². The molecule has 2 amide bonds. The van der Waals surface area contributed by atoms with Gasteiger partial charge in [0.25, 0.3) is 11.8 Å². The van der Waals surface area contributed by atoms with Crippen LogP contribution in [0.25, 0.3) is 0 Å². The molecule has 0 bridgehead atoms. The first-order valence-corrected chi connectivity index (χ1v) is 9.19. The number of pyridine rings is 1. The van der Waals surface area contributed by atoms with Crippen LogP contribution in [-0.2, 0) is 11.3 Å². The van der Waals surface area contributed by atoms with E-state index < -0.39 is 6.10 Å². The van der Waals surface area contributed by atoms with Crippen molar-refractivity contribution in [3.05, 3.63) is 65.3 Å². The number of rotatable bonds is 4. The van der Waals surface area contributed by atoms with Crippen molar-refractivity contribution in [2.24, 2.45) is 0 Å². The van der Waals surface area contributed by atoms with Gasteiger partial charge in [-0.15, -0.1) is 0 Å². The van der Waals surface area contributed by atoms with Crippen LogP contribution >= 0.6 is 0 Å². The molecule has 4 rings (SSSR count). The summed E-state index contributed by atoms with van der Waals surface area (Å²) in [7, 11) is 0. The Bertz CT molecular complexity index is 1060. The third-order valence-electron chi connectivity index (χ3n) is 4.87. The van der Waals surface area contributed by atoms with Crippen molar-refractivity contribution in [2.75, 3.05) is 10.2 Å². The van der Waals surface area contributed by atoms with Crippen molar-refractivity contribution in [3.8, 4) is 5.75 Å². The molecule has 1 aliphatic heterocycles. The Morgan fingerprint density at radius 1 is 1.21 bits per heavy atom. The van der Waals surface area contributed by atoms with Gasteiger partial charge in [-0.05, 0) is 51.1 Å². The van der Waals surface area contributed by atoms with E-state index in [9.17, 15) is 9.59 Å². The smallest absolute Gasteiger partial charge is 0.268 e. The van der Waals surface area contributed by atoms with E-state index in [1.54, 1.807) is 54.5 Å². The number of benzene rings is 1. The Hall–Kier alpha value is -3.68. The van der Waals surface area contributed by atoms with E-state index >= 15 is 0 Å². The van der Waals surface area contributed by atoms with Gasteiger partial charge in [0.2, 0.25) is 0 Å². The van der Waals surface area contributed by atoms with Gasteiger partial charge in [0.15, 0.2) is 6.10 Å². The molecule has 0 spiro atoms. The van der Waals surface area contributed by atoms with Gasteiger partial charge in [-0.25, -0.2) is 0 Å². The Balaban J connectivity index is 1.66. The number of aromatic nitrogens is 2. The number of anilines is 2. The fraction of sp³-hybridized carbons (Fsp3) is 0.238. The second-order valence-electron chi connectivity index (χ2n) is 6.86. The molecule has 0 fully saturated rings. The lowest BCUT2D eigenvalue weighted by Gasteiger charge is -2.33. The highest BCUT2D eigenvalue weighted by atomic mass is 16.5. The van der Waals surface area contributed by atoms with Gasteiger partial charge in [-0.2, -0.15) is 0 Å². The first-order chi connectivity index (χ1) is 13.9. The molecule has 8 heteroatoms. The molecular formula is C21H20N4O4. The summed E-state index contributed by atoms with van der Waals surface area (Å²) in [5.41, 5.74) is 3.22. The number of fused-ring (bicyclic) bond motifs is 1. The monoisotopic (exact) mass is 392 g/mol. The number of aryl methyl sites for hydroxylation is 2. The number of nitrogens with one attached hydrogen (secondary N) is 1. The molecule has 29 heavy (non-hydrogen) atoms. The van der Waals surface area contributed by atoms with Crippen LogP contribution in [0, 0.1) is 13.8 Å². The summed E-state index contributed by atoms with van der Waals surface area (Å²) in [6.45, 7) is 5.68. The third kappa shape index (κ3) is 3.56. The second kappa shape index (κ2) is 7.38. The highest BCUT2D eigenvalue weighted by Crippen LogP contribution is 2.37. The molecule has 3 heterocycles. The van der Waals surface area contributed by atoms with Crippen LogP contribution in [0.4, 0.5) is 11.4 Å². The van der Waals surface area contributed by atoms with Gasteiger partial charge in [-0.3, -0.25) is 14.6 Å². The minimum absolute atomic E-state index is 0.171. The number of carbonyl (C=O) groups is 2. The summed E-state index contributed by atoms with van der Waals surface area (Å²) in [4.78, 5) is 30.9. The Morgan fingerprint density at radius 3 is 2.66 bits per heavy atom. The minimum atomic E-state index is -0.611. The van der Waals surface area contributed by atoms with Crippen LogP contribution in [-0.4, -0.2) is 28.1 Å². The number of ether oxygens (including phenoxy) is 1. The highest BCUT2D eigenvalue weighted by Gasteiger charge is 2.33. The van der Waals surface area contributed by atoms with Gasteiger partial charge in [0.1, 0.15) is 11.5 Å². The average Bonchev–Trinajstić information content (AvgIpc) is 3.04. The van der Waals surface area contributed by atoms with Crippen LogP contribution in [0.15, 0.2) is 47.2 Å². The lowest BCUT2D eigenvalue weighted by atomic mass is 10.1. The zero-order chi connectivity index (χ0) is 20.5. The largest absolute Gasteiger partial charge is 0.479 e. The van der Waals surface area contributed by atoms with Crippen molar-refractivity contribution in [1.82, 2.24) is 10.1 Å². The normalized spacial score (nSPS) is 15.6. The van der Waals surface area contributed by atoms with Crippen LogP contribution < -0.4 is 15.0 Å². The van der Waals surface area contributed by atoms with Crippen LogP contribution in [0.3, 0.4) is 0 Å². The molecule has 1 atom stereocenters. The van der Waals surface area contributed by atoms with Gasteiger partial charge < -0.3 is 19.5 Å². The number of hydrogen-bond acceptors (Lipinski definition) is 6. The second-order valence-corrected chi connectivity index (χ2v) is 6.86. The predicted molar refractivity (Wildman–Crippen MR) is 106 cm³/mol. The van der Waals surface area contributed by atoms with E-state index in [2.05, 4.69) is 15.5 Å². The van der Waals surface area contributed by atoms with Crippen molar-refractivity contribution < 1.29 is 18.8 Å². The highest BCUT2D eigenvalue weighted by molar-refractivity contribution is 6.05. The predicted octanol–water partition coefficient (Wildman–Crippen LogP) is 3.25. The summed E-state index contributed by atoms with van der Waals surface area (Å²) >= 11 is 0. The van der Waals surface area contributed by atoms with Crippen molar-refractivity contribution >= 4 is 23.2 Å². The summed E-state index contributed by atoms with van der Waals surface area (Å²) in [5.74, 6) is 0.806. The van der Waals surface area contributed by atoms with Crippen molar-refractivity contribution in [2.45, 2.75) is 33.4 Å². The Kier molecular flexibility index (Phi) is 4.75. The molecule has 1 aromatic carbocycles. The molecule has 1 N–H and O–H groups in total. The molecule has 1 aliphatic rings. The van der Waals surface area contributed by atoms with E-state index in [1.807, 2.05) is 13.8 Å². The van der Waals surface area contributed by atoms with Gasteiger partial charge in [0.05, 0.1) is 17.9 Å². The quantitative estimate of drug-likeness (QED) is 0.732. The molecule has 3 aromatic rings. The standard InChI is InChI=1S/C21H20N4O4/c1-12-17(13(2)29-24-12)11-25-18-10-16(4-5-19(18)28-14(3)21(25)27)23-20(26)15-6-8-22-9-7-15/h4-10,14H,11H2,1-3H3,(H,23,26)/t14-/m1/s1. The lowest BCUT2D eigenvalue weighted by Crippen LogP contribution is -2.44. The minimum Gasteiger partial charge on any atom is -0.479 e. The molecule has 0 aliphatic carbocycles. The van der Waals surface area contributed by atoms with E-state index in [0.29, 0.717) is 35.0 Å². The van der Waals surface area contributed by atoms with E-state index in [0.717, 1.165) is 11.3 Å². The van der Waals surface area contributed by atoms with Crippen molar-refractivity contribution in [1.29, 1.82) is 0 Å². The SMILES string of the molecule is Cc1noc(C)c1CN1C(=O)[C@@H](C)Oc2ccc(NC(=O)c3ccncc3)cc21. The van der Waals surface area contributed by atoms with Crippen LogP contribution in [0.1, 0.15) is 34.3 Å². The Morgan fingerprint density at radius 2 is 1.97 bits per heavy atom. The summed E-state index contributed by atoms with van der Waals surface area (Å²) < 4.78 is 11.0. The zero-order valence-corrected chi connectivity index (χ0v) is 16.3. The maximum Gasteiger partial charge on any atom is 0.268 e.